The molecule has 0 atom stereocenters. The van der Waals surface area contributed by atoms with Crippen molar-refractivity contribution in [3.63, 3.8) is 0 Å². The molecule has 1 aromatic carbocycles. The molecule has 0 saturated carbocycles. The highest BCUT2D eigenvalue weighted by atomic mass is 15.3. The quantitative estimate of drug-likeness (QED) is 0.710. The Hall–Kier alpha value is -2.23. The fourth-order valence-electron chi connectivity index (χ4n) is 2.47. The van der Waals surface area contributed by atoms with Crippen LogP contribution in [0.25, 0.3) is 22.3 Å². The van der Waals surface area contributed by atoms with Crippen molar-refractivity contribution in [1.29, 1.82) is 0 Å². The van der Waals surface area contributed by atoms with Crippen molar-refractivity contribution in [2.75, 3.05) is 5.73 Å². The maximum atomic E-state index is 5.84. The summed E-state index contributed by atoms with van der Waals surface area (Å²) in [7, 11) is 3.92. The molecule has 0 unspecified atom stereocenters. The summed E-state index contributed by atoms with van der Waals surface area (Å²) in [5.74, 6) is 0.673. The molecule has 2 aromatic heterocycles. The summed E-state index contributed by atoms with van der Waals surface area (Å²) in [5, 5.41) is 5.67. The predicted octanol–water partition coefficient (Wildman–Crippen LogP) is 2.47. The normalized spacial score (nSPS) is 11.3. The number of aryl methyl sites for hydroxylation is 3. The zero-order chi connectivity index (χ0) is 12.9. The minimum atomic E-state index is 0.673. The number of nitrogen functional groups attached to an aromatic ring is 1. The van der Waals surface area contributed by atoms with E-state index >= 15 is 0 Å². The Morgan fingerprint density at radius 3 is 2.56 bits per heavy atom. The minimum absolute atomic E-state index is 0.673. The standard InChI is InChI=1S/C14H16N4/c1-9-5-4-6-10-7-12(17(2)14(9)10)11-8-13(15)18(3)16-11/h4-8H,15H2,1-3H3. The number of anilines is 1. The molecule has 4 heteroatoms. The molecular weight excluding hydrogens is 224 g/mol. The molecule has 0 aliphatic rings. The van der Waals surface area contributed by atoms with E-state index in [1.165, 1.54) is 16.5 Å². The number of nitrogens with two attached hydrogens (primary N) is 1. The lowest BCUT2D eigenvalue weighted by Crippen LogP contribution is -1.97. The predicted molar refractivity (Wildman–Crippen MR) is 74.3 cm³/mol. The lowest BCUT2D eigenvalue weighted by Gasteiger charge is -2.03. The van der Waals surface area contributed by atoms with E-state index in [0.29, 0.717) is 5.82 Å². The molecule has 0 saturated heterocycles. The number of hydrogen-bond acceptors (Lipinski definition) is 2. The fraction of sp³-hybridized carbons (Fsp3) is 0.214. The first-order chi connectivity index (χ1) is 8.58. The second kappa shape index (κ2) is 3.63. The second-order valence-electron chi connectivity index (χ2n) is 4.68. The van der Waals surface area contributed by atoms with Gasteiger partial charge in [0.2, 0.25) is 0 Å². The van der Waals surface area contributed by atoms with E-state index in [1.807, 2.05) is 13.1 Å². The van der Waals surface area contributed by atoms with Crippen LogP contribution in [0.1, 0.15) is 5.56 Å². The summed E-state index contributed by atoms with van der Waals surface area (Å²) in [6, 6.07) is 10.4. The molecule has 0 radical (unpaired) electrons. The van der Waals surface area contributed by atoms with Crippen LogP contribution in [0.5, 0.6) is 0 Å². The first kappa shape index (κ1) is 10.9. The van der Waals surface area contributed by atoms with E-state index in [4.69, 9.17) is 5.73 Å². The maximum absolute atomic E-state index is 5.84. The van der Waals surface area contributed by atoms with Gasteiger partial charge in [-0.05, 0) is 18.6 Å². The Bertz CT molecular complexity index is 714. The highest BCUT2D eigenvalue weighted by molar-refractivity contribution is 5.88. The molecule has 2 N–H and O–H groups in total. The topological polar surface area (TPSA) is 48.8 Å². The average Bonchev–Trinajstić information content (AvgIpc) is 2.82. The average molecular weight is 240 g/mol. The van der Waals surface area contributed by atoms with Crippen molar-refractivity contribution >= 4 is 16.7 Å². The molecule has 0 aliphatic heterocycles. The molecule has 0 bridgehead atoms. The molecule has 92 valence electrons. The van der Waals surface area contributed by atoms with Gasteiger partial charge >= 0.3 is 0 Å². The van der Waals surface area contributed by atoms with Crippen LogP contribution >= 0.6 is 0 Å². The third-order valence-corrected chi connectivity index (χ3v) is 3.44. The molecule has 0 spiro atoms. The molecular formula is C14H16N4. The summed E-state index contributed by atoms with van der Waals surface area (Å²) >= 11 is 0. The Labute approximate surface area is 106 Å². The van der Waals surface area contributed by atoms with E-state index in [0.717, 1.165) is 11.4 Å². The molecule has 4 nitrogen and oxygen atoms in total. The van der Waals surface area contributed by atoms with E-state index in [9.17, 15) is 0 Å². The molecule has 3 aromatic rings. The second-order valence-corrected chi connectivity index (χ2v) is 4.68. The Morgan fingerprint density at radius 2 is 1.94 bits per heavy atom. The Morgan fingerprint density at radius 1 is 1.17 bits per heavy atom. The summed E-state index contributed by atoms with van der Waals surface area (Å²) in [4.78, 5) is 0. The van der Waals surface area contributed by atoms with Crippen LogP contribution in [0.15, 0.2) is 30.3 Å². The van der Waals surface area contributed by atoms with E-state index < -0.39 is 0 Å². The molecule has 18 heavy (non-hydrogen) atoms. The van der Waals surface area contributed by atoms with Crippen molar-refractivity contribution in [3.8, 4) is 11.4 Å². The number of hydrogen-bond donors (Lipinski definition) is 1. The van der Waals surface area contributed by atoms with Crippen LogP contribution in [0.3, 0.4) is 0 Å². The van der Waals surface area contributed by atoms with Crippen molar-refractivity contribution in [1.82, 2.24) is 14.3 Å². The summed E-state index contributed by atoms with van der Waals surface area (Å²) in [5.41, 5.74) is 10.4. The van der Waals surface area contributed by atoms with Crippen LogP contribution in [-0.2, 0) is 14.1 Å². The lowest BCUT2D eigenvalue weighted by atomic mass is 10.2. The number of nitrogens with zero attached hydrogens (tertiary/aromatic N) is 3. The largest absolute Gasteiger partial charge is 0.384 e. The Kier molecular flexibility index (Phi) is 2.20. The van der Waals surface area contributed by atoms with Gasteiger partial charge in [0.1, 0.15) is 11.5 Å². The minimum Gasteiger partial charge on any atom is -0.384 e. The van der Waals surface area contributed by atoms with Gasteiger partial charge in [0.05, 0.1) is 11.2 Å². The molecule has 0 amide bonds. The Balaban J connectivity index is 2.30. The lowest BCUT2D eigenvalue weighted by molar-refractivity contribution is 0.779. The van der Waals surface area contributed by atoms with Gasteiger partial charge in [-0.3, -0.25) is 4.68 Å². The number of para-hydroxylation sites is 1. The third kappa shape index (κ3) is 1.42. The number of fused-ring (bicyclic) bond motifs is 1. The highest BCUT2D eigenvalue weighted by Gasteiger charge is 2.12. The van der Waals surface area contributed by atoms with Crippen molar-refractivity contribution in [3.05, 3.63) is 35.9 Å². The number of rotatable bonds is 1. The van der Waals surface area contributed by atoms with Crippen LogP contribution < -0.4 is 5.73 Å². The van der Waals surface area contributed by atoms with Crippen LogP contribution in [0.4, 0.5) is 5.82 Å². The summed E-state index contributed by atoms with van der Waals surface area (Å²) < 4.78 is 3.87. The first-order valence-electron chi connectivity index (χ1n) is 5.93. The van der Waals surface area contributed by atoms with Gasteiger partial charge in [-0.2, -0.15) is 5.10 Å². The van der Waals surface area contributed by atoms with Gasteiger partial charge in [0.25, 0.3) is 0 Å². The van der Waals surface area contributed by atoms with Crippen molar-refractivity contribution in [2.24, 2.45) is 14.1 Å². The molecule has 0 fully saturated rings. The highest BCUT2D eigenvalue weighted by Crippen LogP contribution is 2.28. The van der Waals surface area contributed by atoms with E-state index in [2.05, 4.69) is 47.9 Å². The molecule has 2 heterocycles. The van der Waals surface area contributed by atoms with Crippen LogP contribution in [0.2, 0.25) is 0 Å². The SMILES string of the molecule is Cc1cccc2cc(-c3cc(N)n(C)n3)n(C)c12. The molecule has 0 aliphatic carbocycles. The number of benzene rings is 1. The van der Waals surface area contributed by atoms with Crippen molar-refractivity contribution in [2.45, 2.75) is 6.92 Å². The first-order valence-corrected chi connectivity index (χ1v) is 5.93. The van der Waals surface area contributed by atoms with E-state index in [1.54, 1.807) is 4.68 Å². The third-order valence-electron chi connectivity index (χ3n) is 3.44. The van der Waals surface area contributed by atoms with Gasteiger partial charge in [0, 0.05) is 25.5 Å². The van der Waals surface area contributed by atoms with Gasteiger partial charge in [-0.15, -0.1) is 0 Å². The fourth-order valence-corrected chi connectivity index (χ4v) is 2.47. The summed E-state index contributed by atoms with van der Waals surface area (Å²) in [6.07, 6.45) is 0. The van der Waals surface area contributed by atoms with Crippen LogP contribution in [0, 0.1) is 6.92 Å². The van der Waals surface area contributed by atoms with Gasteiger partial charge in [0.15, 0.2) is 0 Å². The monoisotopic (exact) mass is 240 g/mol. The van der Waals surface area contributed by atoms with E-state index in [-0.39, 0.29) is 0 Å². The smallest absolute Gasteiger partial charge is 0.122 e. The van der Waals surface area contributed by atoms with Gasteiger partial charge in [-0.1, -0.05) is 18.2 Å². The van der Waals surface area contributed by atoms with Crippen LogP contribution in [-0.4, -0.2) is 14.3 Å². The zero-order valence-corrected chi connectivity index (χ0v) is 10.8. The van der Waals surface area contributed by atoms with Gasteiger partial charge < -0.3 is 10.3 Å². The summed E-state index contributed by atoms with van der Waals surface area (Å²) in [6.45, 7) is 2.12. The maximum Gasteiger partial charge on any atom is 0.122 e. The zero-order valence-electron chi connectivity index (χ0n) is 10.8. The van der Waals surface area contributed by atoms with Crippen molar-refractivity contribution < 1.29 is 0 Å². The number of aromatic nitrogens is 3. The van der Waals surface area contributed by atoms with Gasteiger partial charge in [-0.25, -0.2) is 0 Å². The molecule has 3 rings (SSSR count).